The van der Waals surface area contributed by atoms with Gasteiger partial charge in [0.2, 0.25) is 5.91 Å². The van der Waals surface area contributed by atoms with Crippen LogP contribution in [0.3, 0.4) is 0 Å². The van der Waals surface area contributed by atoms with Gasteiger partial charge in [0.25, 0.3) is 0 Å². The first-order valence-corrected chi connectivity index (χ1v) is 6.42. The maximum atomic E-state index is 11.6. The summed E-state index contributed by atoms with van der Waals surface area (Å²) < 4.78 is 0. The molecule has 1 aromatic heterocycles. The van der Waals surface area contributed by atoms with Crippen LogP contribution >= 0.6 is 11.3 Å². The number of carboxylic acid groups (broad SMARTS) is 1. The summed E-state index contributed by atoms with van der Waals surface area (Å²) in [5.74, 6) is -0.988. The average molecular weight is 256 g/mol. The van der Waals surface area contributed by atoms with Gasteiger partial charge < -0.3 is 10.4 Å². The Hall–Kier alpha value is -1.43. The Morgan fingerprint density at radius 1 is 1.53 bits per heavy atom. The summed E-state index contributed by atoms with van der Waals surface area (Å²) in [6.07, 6.45) is 3.13. The quantitative estimate of drug-likeness (QED) is 0.781. The number of hydrogen-bond acceptors (Lipinski definition) is 4. The van der Waals surface area contributed by atoms with Gasteiger partial charge in [0.05, 0.1) is 6.04 Å². The highest BCUT2D eigenvalue weighted by molar-refractivity contribution is 7.09. The standard InChI is InChI=1S/C11H16N2O3S/c1-2-8(11-12-6-7-17-11)13-9(14)4-3-5-10(15)16/h6-8H,2-5H2,1H3,(H,13,14)(H,15,16). The van der Waals surface area contributed by atoms with Gasteiger partial charge in [-0.2, -0.15) is 0 Å². The van der Waals surface area contributed by atoms with Crippen LogP contribution in [0.5, 0.6) is 0 Å². The number of rotatable bonds is 7. The third-order valence-corrected chi connectivity index (χ3v) is 3.18. The summed E-state index contributed by atoms with van der Waals surface area (Å²) in [5.41, 5.74) is 0. The Labute approximate surface area is 104 Å². The zero-order valence-corrected chi connectivity index (χ0v) is 10.5. The van der Waals surface area contributed by atoms with E-state index in [4.69, 9.17) is 5.11 Å². The van der Waals surface area contributed by atoms with Crippen molar-refractivity contribution < 1.29 is 14.7 Å². The minimum absolute atomic E-state index is 0.0292. The molecule has 0 aliphatic rings. The van der Waals surface area contributed by atoms with Gasteiger partial charge in [0.15, 0.2) is 0 Å². The molecule has 2 N–H and O–H groups in total. The van der Waals surface area contributed by atoms with E-state index in [1.807, 2.05) is 12.3 Å². The van der Waals surface area contributed by atoms with Crippen LogP contribution < -0.4 is 5.32 Å². The Bertz CT molecular complexity index is 365. The minimum atomic E-state index is -0.871. The molecule has 94 valence electrons. The molecule has 0 saturated carbocycles. The van der Waals surface area contributed by atoms with Crippen LogP contribution in [0.1, 0.15) is 43.7 Å². The number of amides is 1. The van der Waals surface area contributed by atoms with E-state index >= 15 is 0 Å². The van der Waals surface area contributed by atoms with E-state index in [2.05, 4.69) is 10.3 Å². The third kappa shape index (κ3) is 4.95. The Morgan fingerprint density at radius 2 is 2.29 bits per heavy atom. The zero-order chi connectivity index (χ0) is 12.7. The first-order valence-electron chi connectivity index (χ1n) is 5.54. The molecular weight excluding hydrogens is 240 g/mol. The monoisotopic (exact) mass is 256 g/mol. The molecule has 0 bridgehead atoms. The van der Waals surface area contributed by atoms with Crippen LogP contribution in [0.4, 0.5) is 0 Å². The fourth-order valence-corrected chi connectivity index (χ4v) is 2.18. The number of nitrogens with one attached hydrogen (secondary N) is 1. The van der Waals surface area contributed by atoms with E-state index in [0.717, 1.165) is 11.4 Å². The largest absolute Gasteiger partial charge is 0.481 e. The molecule has 1 aromatic rings. The summed E-state index contributed by atoms with van der Waals surface area (Å²) in [7, 11) is 0. The van der Waals surface area contributed by atoms with Crippen molar-refractivity contribution in [2.24, 2.45) is 0 Å². The first-order chi connectivity index (χ1) is 8.13. The van der Waals surface area contributed by atoms with Crippen LogP contribution in [-0.2, 0) is 9.59 Å². The molecule has 0 radical (unpaired) electrons. The lowest BCUT2D eigenvalue weighted by molar-refractivity contribution is -0.137. The van der Waals surface area contributed by atoms with Gasteiger partial charge in [-0.3, -0.25) is 9.59 Å². The smallest absolute Gasteiger partial charge is 0.303 e. The molecule has 1 rings (SSSR count). The lowest BCUT2D eigenvalue weighted by Crippen LogP contribution is -2.27. The molecule has 1 amide bonds. The number of thiazole rings is 1. The van der Waals surface area contributed by atoms with Crippen molar-refractivity contribution in [2.75, 3.05) is 0 Å². The van der Waals surface area contributed by atoms with Gasteiger partial charge in [-0.1, -0.05) is 6.92 Å². The van der Waals surface area contributed by atoms with Crippen molar-refractivity contribution in [2.45, 2.75) is 38.6 Å². The minimum Gasteiger partial charge on any atom is -0.481 e. The highest BCUT2D eigenvalue weighted by atomic mass is 32.1. The van der Waals surface area contributed by atoms with Crippen LogP contribution in [0.25, 0.3) is 0 Å². The van der Waals surface area contributed by atoms with Crippen LogP contribution in [0.2, 0.25) is 0 Å². The van der Waals surface area contributed by atoms with Gasteiger partial charge in [-0.05, 0) is 12.8 Å². The second-order valence-corrected chi connectivity index (χ2v) is 4.57. The second-order valence-electron chi connectivity index (χ2n) is 3.65. The fraction of sp³-hybridized carbons (Fsp3) is 0.545. The van der Waals surface area contributed by atoms with E-state index in [-0.39, 0.29) is 24.8 Å². The number of nitrogens with zero attached hydrogens (tertiary/aromatic N) is 1. The summed E-state index contributed by atoms with van der Waals surface area (Å²) in [5, 5.41) is 14.1. The van der Waals surface area contributed by atoms with Crippen molar-refractivity contribution in [3.8, 4) is 0 Å². The summed E-state index contributed by atoms with van der Waals surface area (Å²) in [4.78, 5) is 26.0. The molecule has 1 atom stereocenters. The van der Waals surface area contributed by atoms with E-state index in [1.54, 1.807) is 6.20 Å². The summed E-state index contributed by atoms with van der Waals surface area (Å²) in [6.45, 7) is 1.98. The van der Waals surface area contributed by atoms with Crippen molar-refractivity contribution >= 4 is 23.2 Å². The predicted molar refractivity (Wildman–Crippen MR) is 64.8 cm³/mol. The average Bonchev–Trinajstić information content (AvgIpc) is 2.78. The normalized spacial score (nSPS) is 12.1. The Kier molecular flexibility index (Phi) is 5.62. The first kappa shape index (κ1) is 13.6. The molecule has 0 aliphatic heterocycles. The van der Waals surface area contributed by atoms with E-state index in [9.17, 15) is 9.59 Å². The molecule has 0 aromatic carbocycles. The zero-order valence-electron chi connectivity index (χ0n) is 9.68. The third-order valence-electron chi connectivity index (χ3n) is 2.29. The highest BCUT2D eigenvalue weighted by Gasteiger charge is 2.14. The molecule has 5 nitrogen and oxygen atoms in total. The van der Waals surface area contributed by atoms with Crippen molar-refractivity contribution in [1.29, 1.82) is 0 Å². The number of carbonyl (C=O) groups is 2. The van der Waals surface area contributed by atoms with Gasteiger partial charge in [0.1, 0.15) is 5.01 Å². The van der Waals surface area contributed by atoms with E-state index in [0.29, 0.717) is 6.42 Å². The van der Waals surface area contributed by atoms with Gasteiger partial charge in [0, 0.05) is 24.4 Å². The van der Waals surface area contributed by atoms with Gasteiger partial charge >= 0.3 is 5.97 Å². The molecule has 0 aliphatic carbocycles. The fourth-order valence-electron chi connectivity index (χ4n) is 1.41. The maximum Gasteiger partial charge on any atom is 0.303 e. The maximum absolute atomic E-state index is 11.6. The summed E-state index contributed by atoms with van der Waals surface area (Å²) >= 11 is 1.51. The number of carbonyl (C=O) groups excluding carboxylic acids is 1. The van der Waals surface area contributed by atoms with E-state index in [1.165, 1.54) is 11.3 Å². The topological polar surface area (TPSA) is 79.3 Å². The SMILES string of the molecule is CCC(NC(=O)CCCC(=O)O)c1nccs1. The van der Waals surface area contributed by atoms with Crippen LogP contribution in [0, 0.1) is 0 Å². The molecular formula is C11H16N2O3S. The number of carboxylic acids is 1. The van der Waals surface area contributed by atoms with E-state index < -0.39 is 5.97 Å². The molecule has 6 heteroatoms. The number of hydrogen-bond donors (Lipinski definition) is 2. The number of aromatic nitrogens is 1. The van der Waals surface area contributed by atoms with Gasteiger partial charge in [-0.25, -0.2) is 4.98 Å². The highest BCUT2D eigenvalue weighted by Crippen LogP contribution is 2.18. The Balaban J connectivity index is 2.36. The van der Waals surface area contributed by atoms with Crippen molar-refractivity contribution in [3.63, 3.8) is 0 Å². The van der Waals surface area contributed by atoms with Crippen LogP contribution in [0.15, 0.2) is 11.6 Å². The second kappa shape index (κ2) is 7.01. The molecule has 0 saturated heterocycles. The molecule has 1 heterocycles. The predicted octanol–water partition coefficient (Wildman–Crippen LogP) is 1.97. The summed E-state index contributed by atoms with van der Waals surface area (Å²) in [6, 6.07) is -0.0627. The van der Waals surface area contributed by atoms with Crippen molar-refractivity contribution in [1.82, 2.24) is 10.3 Å². The molecule has 17 heavy (non-hydrogen) atoms. The number of aliphatic carboxylic acids is 1. The van der Waals surface area contributed by atoms with Gasteiger partial charge in [-0.15, -0.1) is 11.3 Å². The Morgan fingerprint density at radius 3 is 2.82 bits per heavy atom. The lowest BCUT2D eigenvalue weighted by Gasteiger charge is -2.14. The molecule has 0 spiro atoms. The lowest BCUT2D eigenvalue weighted by atomic mass is 10.2. The molecule has 0 fully saturated rings. The van der Waals surface area contributed by atoms with Crippen molar-refractivity contribution in [3.05, 3.63) is 16.6 Å². The van der Waals surface area contributed by atoms with Crippen LogP contribution in [-0.4, -0.2) is 22.0 Å². The molecule has 1 unspecified atom stereocenters.